The monoisotopic (exact) mass is 104 g/mol. The van der Waals surface area contributed by atoms with E-state index in [1.807, 2.05) is 0 Å². The number of nitrogens with two attached hydrogens (primary N) is 2. The maximum Gasteiger partial charge on any atom is 0.160 e. The predicted molar refractivity (Wildman–Crippen MR) is 32.2 cm³/mol. The Hall–Kier alpha value is -0.570. The Morgan fingerprint density at radius 1 is 1.33 bits per heavy atom. The van der Waals surface area contributed by atoms with Crippen molar-refractivity contribution in [2.24, 2.45) is 11.5 Å². The van der Waals surface area contributed by atoms with Crippen LogP contribution in [-0.4, -0.2) is 5.11 Å². The molecule has 2 nitrogen and oxygen atoms in total. The normalized spacial score (nSPS) is 4.67. The van der Waals surface area contributed by atoms with Crippen LogP contribution in [0.1, 0.15) is 0 Å². The van der Waals surface area contributed by atoms with Gasteiger partial charge >= 0.3 is 0 Å². The van der Waals surface area contributed by atoms with E-state index in [-0.39, 0.29) is 5.11 Å². The molecule has 0 saturated heterocycles. The minimum absolute atomic E-state index is 0.000000000000000222. The second kappa shape index (κ2) is 8.83. The van der Waals surface area contributed by atoms with Crippen LogP contribution in [0.5, 0.6) is 0 Å². The summed E-state index contributed by atoms with van der Waals surface area (Å²) < 4.78 is 0. The lowest BCUT2D eigenvalue weighted by Gasteiger charge is -1.68. The van der Waals surface area contributed by atoms with E-state index in [0.29, 0.717) is 0 Å². The first-order chi connectivity index (χ1) is 2.73. The minimum Gasteiger partial charge on any atom is -0.377 e. The lowest BCUT2D eigenvalue weighted by molar-refractivity contribution is 1.65. The van der Waals surface area contributed by atoms with Crippen LogP contribution in [0.25, 0.3) is 0 Å². The van der Waals surface area contributed by atoms with Crippen molar-refractivity contribution < 1.29 is 0 Å². The van der Waals surface area contributed by atoms with Crippen LogP contribution in [0.2, 0.25) is 0 Å². The van der Waals surface area contributed by atoms with E-state index in [1.54, 1.807) is 0 Å². The quantitative estimate of drug-likeness (QED) is 0.336. The van der Waals surface area contributed by atoms with Crippen LogP contribution in [0.15, 0.2) is 13.2 Å². The van der Waals surface area contributed by atoms with Crippen molar-refractivity contribution in [3.05, 3.63) is 13.2 Å². The van der Waals surface area contributed by atoms with E-state index in [0.717, 1.165) is 0 Å². The van der Waals surface area contributed by atoms with Gasteiger partial charge < -0.3 is 11.5 Å². The third-order valence-electron chi connectivity index (χ3n) is 0. The van der Waals surface area contributed by atoms with Crippen LogP contribution in [-0.2, 0) is 0 Å². The molecule has 0 spiro atoms. The van der Waals surface area contributed by atoms with Crippen molar-refractivity contribution in [3.63, 3.8) is 0 Å². The molecular formula is C3H8N2S. The third-order valence-corrected chi connectivity index (χ3v) is 0. The van der Waals surface area contributed by atoms with Crippen LogP contribution in [0.3, 0.4) is 0 Å². The maximum atomic E-state index is 4.62. The third kappa shape index (κ3) is 62.3. The van der Waals surface area contributed by atoms with Gasteiger partial charge in [-0.05, 0) is 12.2 Å². The summed E-state index contributed by atoms with van der Waals surface area (Å²) >= 11 is 4.09. The average Bonchev–Trinajstić information content (AvgIpc) is 1.41. The SMILES string of the molecule is C=C.NC(N)=S. The Morgan fingerprint density at radius 2 is 1.33 bits per heavy atom. The largest absolute Gasteiger partial charge is 0.377 e. The lowest BCUT2D eigenvalue weighted by Crippen LogP contribution is -2.18. The molecule has 0 fully saturated rings. The van der Waals surface area contributed by atoms with E-state index >= 15 is 0 Å². The molecule has 0 aliphatic heterocycles. The molecule has 0 saturated carbocycles. The first-order valence-electron chi connectivity index (χ1n) is 1.28. The molecule has 3 heteroatoms. The second-order valence-corrected chi connectivity index (χ2v) is 0.874. The molecule has 0 bridgehead atoms. The van der Waals surface area contributed by atoms with Crippen LogP contribution < -0.4 is 11.5 Å². The summed E-state index contributed by atoms with van der Waals surface area (Å²) in [6.45, 7) is 6.00. The first-order valence-corrected chi connectivity index (χ1v) is 1.69. The van der Waals surface area contributed by atoms with E-state index in [4.69, 9.17) is 0 Å². The summed E-state index contributed by atoms with van der Waals surface area (Å²) in [5.74, 6) is 0. The van der Waals surface area contributed by atoms with Gasteiger partial charge in [0.05, 0.1) is 0 Å². The van der Waals surface area contributed by atoms with Crippen molar-refractivity contribution in [2.75, 3.05) is 0 Å². The van der Waals surface area contributed by atoms with Gasteiger partial charge in [0, 0.05) is 0 Å². The molecule has 0 heterocycles. The molecule has 0 aromatic heterocycles. The lowest BCUT2D eigenvalue weighted by atomic mass is 11.3. The van der Waals surface area contributed by atoms with E-state index in [1.165, 1.54) is 0 Å². The summed E-state index contributed by atoms with van der Waals surface area (Å²) in [6.07, 6.45) is 0. The molecular weight excluding hydrogens is 96.1 g/mol. The van der Waals surface area contributed by atoms with Crippen LogP contribution in [0.4, 0.5) is 0 Å². The van der Waals surface area contributed by atoms with Gasteiger partial charge in [0.2, 0.25) is 0 Å². The molecule has 0 aliphatic rings. The first kappa shape index (κ1) is 9.06. The zero-order chi connectivity index (χ0) is 5.58. The van der Waals surface area contributed by atoms with Crippen molar-refractivity contribution in [1.29, 1.82) is 0 Å². The highest BCUT2D eigenvalue weighted by molar-refractivity contribution is 7.80. The molecule has 0 aromatic rings. The fraction of sp³-hybridized carbons (Fsp3) is 0. The van der Waals surface area contributed by atoms with Gasteiger partial charge in [-0.25, -0.2) is 0 Å². The molecule has 6 heavy (non-hydrogen) atoms. The zero-order valence-electron chi connectivity index (χ0n) is 3.48. The van der Waals surface area contributed by atoms with E-state index in [2.05, 4.69) is 36.8 Å². The van der Waals surface area contributed by atoms with Crippen LogP contribution in [0, 0.1) is 0 Å². The Morgan fingerprint density at radius 3 is 1.33 bits per heavy atom. The highest BCUT2D eigenvalue weighted by Crippen LogP contribution is 1.32. The van der Waals surface area contributed by atoms with Gasteiger partial charge in [-0.1, -0.05) is 0 Å². The van der Waals surface area contributed by atoms with Crippen molar-refractivity contribution in [1.82, 2.24) is 0 Å². The molecule has 0 rings (SSSR count). The number of thiocarbonyl (C=S) groups is 1. The number of hydrogen-bond acceptors (Lipinski definition) is 1. The highest BCUT2D eigenvalue weighted by Gasteiger charge is 1.53. The predicted octanol–water partition coefficient (Wildman–Crippen LogP) is -0.00910. The Kier molecular flexibility index (Phi) is 13.3. The molecule has 0 unspecified atom stereocenters. The van der Waals surface area contributed by atoms with Crippen molar-refractivity contribution in [3.8, 4) is 0 Å². The van der Waals surface area contributed by atoms with Crippen LogP contribution >= 0.6 is 12.2 Å². The molecule has 0 atom stereocenters. The van der Waals surface area contributed by atoms with E-state index < -0.39 is 0 Å². The van der Waals surface area contributed by atoms with Crippen molar-refractivity contribution >= 4 is 17.3 Å². The summed E-state index contributed by atoms with van der Waals surface area (Å²) in [5, 5.41) is 0.000000000000000222. The fourth-order valence-electron chi connectivity index (χ4n) is 0. The smallest absolute Gasteiger partial charge is 0.160 e. The van der Waals surface area contributed by atoms with Gasteiger partial charge in [0.1, 0.15) is 0 Å². The minimum atomic E-state index is 0.000000000000000222. The van der Waals surface area contributed by atoms with Gasteiger partial charge in [0.25, 0.3) is 0 Å². The molecule has 0 radical (unpaired) electrons. The summed E-state index contributed by atoms with van der Waals surface area (Å²) in [7, 11) is 0. The van der Waals surface area contributed by atoms with Gasteiger partial charge in [0.15, 0.2) is 5.11 Å². The maximum absolute atomic E-state index is 4.62. The molecule has 0 aromatic carbocycles. The summed E-state index contributed by atoms with van der Waals surface area (Å²) in [6, 6.07) is 0. The van der Waals surface area contributed by atoms with Gasteiger partial charge in [-0.15, -0.1) is 13.2 Å². The summed E-state index contributed by atoms with van der Waals surface area (Å²) in [4.78, 5) is 0. The highest BCUT2D eigenvalue weighted by atomic mass is 32.1. The zero-order valence-corrected chi connectivity index (χ0v) is 4.29. The Balaban J connectivity index is 0. The standard InChI is InChI=1S/C2H4.CH4N2S/c1-2;2-1(3)4/h1-2H2;(H4,2,3,4). The Bertz CT molecular complexity index is 40.1. The fourth-order valence-corrected chi connectivity index (χ4v) is 0. The topological polar surface area (TPSA) is 52.0 Å². The molecule has 0 amide bonds. The Labute approximate surface area is 42.8 Å². The van der Waals surface area contributed by atoms with Gasteiger partial charge in [-0.3, -0.25) is 0 Å². The molecule has 36 valence electrons. The van der Waals surface area contributed by atoms with Gasteiger partial charge in [-0.2, -0.15) is 0 Å². The number of hydrogen-bond donors (Lipinski definition) is 2. The molecule has 4 N–H and O–H groups in total. The second-order valence-electron chi connectivity index (χ2n) is 0.402. The van der Waals surface area contributed by atoms with E-state index in [9.17, 15) is 0 Å². The molecule has 0 aliphatic carbocycles. The van der Waals surface area contributed by atoms with Crippen molar-refractivity contribution in [2.45, 2.75) is 0 Å². The summed E-state index contributed by atoms with van der Waals surface area (Å²) in [5.41, 5.74) is 9.24. The number of rotatable bonds is 0. The average molecular weight is 104 g/mol.